The molecule has 1 aromatic rings. The molecule has 3 aliphatic rings. The zero-order valence-corrected chi connectivity index (χ0v) is 13.9. The zero-order valence-electron chi connectivity index (χ0n) is 13.1. The maximum absolute atomic E-state index is 12.7. The Morgan fingerprint density at radius 2 is 2.00 bits per heavy atom. The van der Waals surface area contributed by atoms with E-state index in [2.05, 4.69) is 5.32 Å². The van der Waals surface area contributed by atoms with Crippen LogP contribution < -0.4 is 14.8 Å². The molecule has 1 N–H and O–H groups in total. The summed E-state index contributed by atoms with van der Waals surface area (Å²) in [4.78, 5) is 14.6. The number of ether oxygens (including phenoxy) is 2. The third kappa shape index (κ3) is 3.09. The van der Waals surface area contributed by atoms with Crippen LogP contribution in [0.3, 0.4) is 0 Å². The number of nitrogens with one attached hydrogen (secondary N) is 1. The van der Waals surface area contributed by atoms with Gasteiger partial charge in [-0.25, -0.2) is 4.79 Å². The SMILES string of the molecule is O=C(NC1CCCCC1)N1CCS[C@H]1c1ccc2c(c1)OCO2. The second-order valence-electron chi connectivity index (χ2n) is 6.31. The van der Waals surface area contributed by atoms with Gasteiger partial charge in [-0.1, -0.05) is 25.3 Å². The lowest BCUT2D eigenvalue weighted by Gasteiger charge is -2.29. The van der Waals surface area contributed by atoms with Gasteiger partial charge in [0.15, 0.2) is 11.5 Å². The molecule has 0 spiro atoms. The topological polar surface area (TPSA) is 50.8 Å². The monoisotopic (exact) mass is 334 g/mol. The molecule has 1 aromatic carbocycles. The highest BCUT2D eigenvalue weighted by atomic mass is 32.2. The zero-order chi connectivity index (χ0) is 15.6. The first-order valence-electron chi connectivity index (χ1n) is 8.39. The smallest absolute Gasteiger partial charge is 0.318 e. The second kappa shape index (κ2) is 6.51. The van der Waals surface area contributed by atoms with E-state index in [0.717, 1.165) is 42.2 Å². The summed E-state index contributed by atoms with van der Waals surface area (Å²) in [6, 6.07) is 6.40. The number of urea groups is 1. The lowest BCUT2D eigenvalue weighted by Crippen LogP contribution is -2.45. The molecule has 2 heterocycles. The first-order chi connectivity index (χ1) is 11.3. The maximum Gasteiger partial charge on any atom is 0.318 e. The number of hydrogen-bond donors (Lipinski definition) is 1. The normalized spacial score (nSPS) is 24.0. The van der Waals surface area contributed by atoms with Crippen LogP contribution in [0.2, 0.25) is 0 Å². The quantitative estimate of drug-likeness (QED) is 0.899. The van der Waals surface area contributed by atoms with Gasteiger partial charge < -0.3 is 19.7 Å². The Bertz CT molecular complexity index is 589. The van der Waals surface area contributed by atoms with E-state index in [-0.39, 0.29) is 18.2 Å². The molecule has 4 rings (SSSR count). The van der Waals surface area contributed by atoms with E-state index < -0.39 is 0 Å². The minimum atomic E-state index is 0.0630. The van der Waals surface area contributed by atoms with Crippen LogP contribution in [0, 0.1) is 0 Å². The molecule has 2 fully saturated rings. The summed E-state index contributed by atoms with van der Waals surface area (Å²) in [5.41, 5.74) is 1.11. The Labute approximate surface area is 140 Å². The average Bonchev–Trinajstić information content (AvgIpc) is 3.24. The lowest BCUT2D eigenvalue weighted by atomic mass is 9.96. The summed E-state index contributed by atoms with van der Waals surface area (Å²) in [6.45, 7) is 1.07. The molecule has 5 nitrogen and oxygen atoms in total. The summed E-state index contributed by atoms with van der Waals surface area (Å²) in [5.74, 6) is 2.54. The van der Waals surface area contributed by atoms with E-state index in [1.807, 2.05) is 34.9 Å². The Morgan fingerprint density at radius 1 is 1.17 bits per heavy atom. The van der Waals surface area contributed by atoms with Gasteiger partial charge in [-0.3, -0.25) is 0 Å². The van der Waals surface area contributed by atoms with E-state index in [9.17, 15) is 4.79 Å². The summed E-state index contributed by atoms with van der Waals surface area (Å²) in [7, 11) is 0. The van der Waals surface area contributed by atoms with Gasteiger partial charge in [0.25, 0.3) is 0 Å². The van der Waals surface area contributed by atoms with Crippen molar-refractivity contribution in [2.24, 2.45) is 0 Å². The van der Waals surface area contributed by atoms with E-state index in [1.54, 1.807) is 0 Å². The molecule has 2 aliphatic heterocycles. The van der Waals surface area contributed by atoms with Crippen molar-refractivity contribution >= 4 is 17.8 Å². The van der Waals surface area contributed by atoms with Gasteiger partial charge in [-0.05, 0) is 30.5 Å². The van der Waals surface area contributed by atoms with Crippen LogP contribution in [0.4, 0.5) is 4.79 Å². The molecule has 1 saturated carbocycles. The number of fused-ring (bicyclic) bond motifs is 1. The van der Waals surface area contributed by atoms with Gasteiger partial charge in [0.05, 0.1) is 0 Å². The predicted molar refractivity (Wildman–Crippen MR) is 89.9 cm³/mol. The molecule has 23 heavy (non-hydrogen) atoms. The van der Waals surface area contributed by atoms with E-state index in [0.29, 0.717) is 6.04 Å². The van der Waals surface area contributed by atoms with Crippen LogP contribution in [-0.2, 0) is 0 Å². The van der Waals surface area contributed by atoms with Crippen LogP contribution in [0.1, 0.15) is 43.0 Å². The molecule has 1 saturated heterocycles. The predicted octanol–water partition coefficient (Wildman–Crippen LogP) is 3.51. The van der Waals surface area contributed by atoms with Crippen molar-refractivity contribution in [2.45, 2.75) is 43.5 Å². The van der Waals surface area contributed by atoms with Crippen molar-refractivity contribution in [2.75, 3.05) is 19.1 Å². The first kappa shape index (κ1) is 15.0. The molecule has 1 aliphatic carbocycles. The molecular formula is C17H22N2O3S. The largest absolute Gasteiger partial charge is 0.454 e. The first-order valence-corrected chi connectivity index (χ1v) is 9.44. The van der Waals surface area contributed by atoms with Crippen molar-refractivity contribution in [3.05, 3.63) is 23.8 Å². The number of benzene rings is 1. The summed E-state index contributed by atoms with van der Waals surface area (Å²) in [6.07, 6.45) is 5.98. The van der Waals surface area contributed by atoms with Crippen LogP contribution in [0.25, 0.3) is 0 Å². The van der Waals surface area contributed by atoms with Crippen molar-refractivity contribution in [1.29, 1.82) is 0 Å². The Balaban J connectivity index is 1.46. The Hall–Kier alpha value is -1.56. The van der Waals surface area contributed by atoms with Crippen LogP contribution >= 0.6 is 11.8 Å². The highest BCUT2D eigenvalue weighted by Crippen LogP contribution is 2.42. The third-order valence-corrected chi connectivity index (χ3v) is 6.03. The van der Waals surface area contributed by atoms with Crippen molar-refractivity contribution in [3.63, 3.8) is 0 Å². The highest BCUT2D eigenvalue weighted by Gasteiger charge is 2.32. The van der Waals surface area contributed by atoms with Crippen molar-refractivity contribution < 1.29 is 14.3 Å². The average molecular weight is 334 g/mol. The van der Waals surface area contributed by atoms with Gasteiger partial charge in [0.1, 0.15) is 5.37 Å². The van der Waals surface area contributed by atoms with Gasteiger partial charge in [-0.2, -0.15) is 0 Å². The standard InChI is InChI=1S/C17H22N2O3S/c20-17(18-13-4-2-1-3-5-13)19-8-9-23-16(19)12-6-7-14-15(10-12)22-11-21-14/h6-7,10,13,16H,1-5,8-9,11H2,(H,18,20)/t16-/m0/s1. The number of carbonyl (C=O) groups excluding carboxylic acids is 1. The molecule has 0 bridgehead atoms. The highest BCUT2D eigenvalue weighted by molar-refractivity contribution is 7.99. The molecule has 6 heteroatoms. The van der Waals surface area contributed by atoms with E-state index in [1.165, 1.54) is 19.3 Å². The molecule has 1 atom stereocenters. The van der Waals surface area contributed by atoms with Gasteiger partial charge >= 0.3 is 6.03 Å². The number of nitrogens with zero attached hydrogens (tertiary/aromatic N) is 1. The lowest BCUT2D eigenvalue weighted by molar-refractivity contribution is 0.173. The fourth-order valence-corrected chi connectivity index (χ4v) is 4.77. The van der Waals surface area contributed by atoms with Crippen LogP contribution in [0.15, 0.2) is 18.2 Å². The third-order valence-electron chi connectivity index (χ3n) is 4.77. The minimum Gasteiger partial charge on any atom is -0.454 e. The van der Waals surface area contributed by atoms with Gasteiger partial charge in [0.2, 0.25) is 6.79 Å². The Kier molecular flexibility index (Phi) is 4.25. The summed E-state index contributed by atoms with van der Waals surface area (Å²) < 4.78 is 10.8. The minimum absolute atomic E-state index is 0.0630. The van der Waals surface area contributed by atoms with E-state index in [4.69, 9.17) is 9.47 Å². The fourth-order valence-electron chi connectivity index (χ4n) is 3.53. The molecule has 2 amide bonds. The van der Waals surface area contributed by atoms with E-state index >= 15 is 0 Å². The maximum atomic E-state index is 12.7. The molecular weight excluding hydrogens is 312 g/mol. The van der Waals surface area contributed by atoms with Gasteiger partial charge in [0, 0.05) is 18.3 Å². The Morgan fingerprint density at radius 3 is 2.87 bits per heavy atom. The fraction of sp³-hybridized carbons (Fsp3) is 0.588. The van der Waals surface area contributed by atoms with Crippen molar-refractivity contribution in [3.8, 4) is 11.5 Å². The number of carbonyl (C=O) groups is 1. The summed E-state index contributed by atoms with van der Waals surface area (Å²) >= 11 is 1.81. The molecule has 0 unspecified atom stereocenters. The van der Waals surface area contributed by atoms with Crippen molar-refractivity contribution in [1.82, 2.24) is 10.2 Å². The number of rotatable bonds is 2. The number of hydrogen-bond acceptors (Lipinski definition) is 4. The summed E-state index contributed by atoms with van der Waals surface area (Å²) in [5, 5.41) is 3.29. The van der Waals surface area contributed by atoms with Crippen LogP contribution in [-0.4, -0.2) is 36.1 Å². The molecule has 124 valence electrons. The second-order valence-corrected chi connectivity index (χ2v) is 7.50. The van der Waals surface area contributed by atoms with Gasteiger partial charge in [-0.15, -0.1) is 11.8 Å². The van der Waals surface area contributed by atoms with Crippen LogP contribution in [0.5, 0.6) is 11.5 Å². The molecule has 0 aromatic heterocycles. The number of amides is 2. The number of thioether (sulfide) groups is 1. The molecule has 0 radical (unpaired) electrons.